The van der Waals surface area contributed by atoms with Gasteiger partial charge in [-0.3, -0.25) is 0 Å². The number of nitrogens with two attached hydrogens (primary N) is 1. The van der Waals surface area contributed by atoms with Gasteiger partial charge in [0.15, 0.2) is 0 Å². The van der Waals surface area contributed by atoms with Crippen molar-refractivity contribution in [1.82, 2.24) is 0 Å². The van der Waals surface area contributed by atoms with E-state index in [0.717, 1.165) is 18.9 Å². The zero-order valence-corrected chi connectivity index (χ0v) is 17.8. The van der Waals surface area contributed by atoms with E-state index in [1.807, 2.05) is 0 Å². The van der Waals surface area contributed by atoms with E-state index >= 15 is 0 Å². The molecule has 0 saturated heterocycles. The lowest BCUT2D eigenvalue weighted by Gasteiger charge is -2.38. The molecule has 1 fully saturated rings. The molecule has 0 aromatic rings. The van der Waals surface area contributed by atoms with Crippen molar-refractivity contribution in [1.29, 1.82) is 0 Å². The minimum Gasteiger partial charge on any atom is -0.330 e. The second-order valence-corrected chi connectivity index (χ2v) is 8.46. The van der Waals surface area contributed by atoms with Gasteiger partial charge in [0.05, 0.1) is 0 Å². The lowest BCUT2D eigenvalue weighted by Crippen LogP contribution is -2.34. The van der Waals surface area contributed by atoms with Gasteiger partial charge in [-0.2, -0.15) is 0 Å². The van der Waals surface area contributed by atoms with Crippen molar-refractivity contribution in [2.45, 2.75) is 128 Å². The van der Waals surface area contributed by atoms with Crippen LogP contribution in [0.4, 0.5) is 0 Å². The van der Waals surface area contributed by atoms with Gasteiger partial charge in [0, 0.05) is 4.87 Å². The summed E-state index contributed by atoms with van der Waals surface area (Å²) in [6.45, 7) is 7.63. The van der Waals surface area contributed by atoms with Crippen molar-refractivity contribution in [2.75, 3.05) is 6.54 Å². The zero-order valence-electron chi connectivity index (χ0n) is 17.1. The van der Waals surface area contributed by atoms with Crippen LogP contribution in [0.1, 0.15) is 124 Å². The summed E-state index contributed by atoms with van der Waals surface area (Å²) in [4.78, 5) is 0.160. The summed E-state index contributed by atoms with van der Waals surface area (Å²) < 4.78 is 0. The summed E-state index contributed by atoms with van der Waals surface area (Å²) in [6, 6.07) is 0. The van der Waals surface area contributed by atoms with Crippen LogP contribution in [0.3, 0.4) is 0 Å². The Labute approximate surface area is 158 Å². The number of unbranched alkanes of at least 4 members (excludes halogenated alkanes) is 9. The van der Waals surface area contributed by atoms with Crippen LogP contribution in [0.2, 0.25) is 0 Å². The molecule has 0 spiro atoms. The van der Waals surface area contributed by atoms with Gasteiger partial charge in [-0.15, -0.1) is 11.6 Å². The molecule has 1 saturated carbocycles. The van der Waals surface area contributed by atoms with E-state index in [1.165, 1.54) is 96.3 Å². The minimum absolute atomic E-state index is 0.160. The first-order chi connectivity index (χ1) is 11.6. The van der Waals surface area contributed by atoms with Crippen molar-refractivity contribution in [2.24, 2.45) is 11.7 Å². The van der Waals surface area contributed by atoms with E-state index < -0.39 is 0 Å². The molecule has 1 nitrogen and oxygen atoms in total. The summed E-state index contributed by atoms with van der Waals surface area (Å²) in [6.07, 6.45) is 21.7. The summed E-state index contributed by atoms with van der Waals surface area (Å²) >= 11 is 6.53. The molecular formula is C22H46ClN. The normalized spacial score (nSPS) is 23.6. The van der Waals surface area contributed by atoms with E-state index in [0.29, 0.717) is 0 Å². The van der Waals surface area contributed by atoms with Crippen LogP contribution in [0.25, 0.3) is 0 Å². The molecule has 0 aliphatic heterocycles. The molecule has 1 aliphatic carbocycles. The highest BCUT2D eigenvalue weighted by Crippen LogP contribution is 2.43. The lowest BCUT2D eigenvalue weighted by atomic mass is 9.76. The Kier molecular flexibility index (Phi) is 16.9. The molecule has 0 aromatic heterocycles. The van der Waals surface area contributed by atoms with Crippen molar-refractivity contribution < 1.29 is 0 Å². The maximum Gasteiger partial charge on any atom is 0.0472 e. The second-order valence-electron chi connectivity index (χ2n) is 7.71. The van der Waals surface area contributed by atoms with Crippen molar-refractivity contribution in [3.63, 3.8) is 0 Å². The fourth-order valence-corrected chi connectivity index (χ4v) is 4.34. The average Bonchev–Trinajstić information content (AvgIpc) is 2.61. The fourth-order valence-electron chi connectivity index (χ4n) is 3.94. The van der Waals surface area contributed by atoms with Gasteiger partial charge in [-0.25, -0.2) is 0 Å². The smallest absolute Gasteiger partial charge is 0.0472 e. The topological polar surface area (TPSA) is 26.0 Å². The summed E-state index contributed by atoms with van der Waals surface area (Å²) in [5, 5.41) is 0. The molecule has 24 heavy (non-hydrogen) atoms. The Hall–Kier alpha value is 0.250. The van der Waals surface area contributed by atoms with E-state index in [9.17, 15) is 0 Å². The molecule has 2 heteroatoms. The Bertz CT molecular complexity index is 246. The van der Waals surface area contributed by atoms with Gasteiger partial charge in [-0.1, -0.05) is 97.8 Å². The first-order valence-electron chi connectivity index (χ1n) is 11.0. The van der Waals surface area contributed by atoms with E-state index in [2.05, 4.69) is 20.8 Å². The predicted molar refractivity (Wildman–Crippen MR) is 112 cm³/mol. The second kappa shape index (κ2) is 16.7. The first kappa shape index (κ1) is 24.2. The van der Waals surface area contributed by atoms with Crippen molar-refractivity contribution >= 4 is 11.6 Å². The molecule has 0 aromatic carbocycles. The van der Waals surface area contributed by atoms with Crippen LogP contribution < -0.4 is 5.73 Å². The minimum atomic E-state index is 0.160. The van der Waals surface area contributed by atoms with Gasteiger partial charge < -0.3 is 5.73 Å². The first-order valence-corrected chi connectivity index (χ1v) is 11.4. The summed E-state index contributed by atoms with van der Waals surface area (Å²) in [7, 11) is 0. The van der Waals surface area contributed by atoms with Crippen LogP contribution in [0, 0.1) is 5.92 Å². The summed E-state index contributed by atoms with van der Waals surface area (Å²) in [5.41, 5.74) is 5.42. The molecule has 0 amide bonds. The Morgan fingerprint density at radius 1 is 0.833 bits per heavy atom. The number of alkyl halides is 1. The zero-order chi connectivity index (χ0) is 18.1. The molecule has 1 aliphatic rings. The highest BCUT2D eigenvalue weighted by molar-refractivity contribution is 6.24. The van der Waals surface area contributed by atoms with Crippen molar-refractivity contribution in [3.8, 4) is 0 Å². The number of rotatable bonds is 12. The van der Waals surface area contributed by atoms with Gasteiger partial charge in [-0.05, 0) is 38.1 Å². The van der Waals surface area contributed by atoms with Crippen LogP contribution in [-0.2, 0) is 0 Å². The van der Waals surface area contributed by atoms with Crippen LogP contribution in [0.5, 0.6) is 0 Å². The predicted octanol–water partition coefficient (Wildman–Crippen LogP) is 7.84. The third-order valence-electron chi connectivity index (χ3n) is 5.76. The average molecular weight is 360 g/mol. The molecule has 0 bridgehead atoms. The largest absolute Gasteiger partial charge is 0.330 e. The van der Waals surface area contributed by atoms with E-state index in [1.54, 1.807) is 0 Å². The summed E-state index contributed by atoms with van der Waals surface area (Å²) in [5.74, 6) is 0.780. The number of hydrogen-bond acceptors (Lipinski definition) is 1. The number of hydrogen-bond donors (Lipinski definition) is 1. The number of halogens is 1. The quantitative estimate of drug-likeness (QED) is 0.278. The molecule has 1 rings (SSSR count). The van der Waals surface area contributed by atoms with E-state index in [4.69, 9.17) is 17.3 Å². The monoisotopic (exact) mass is 359 g/mol. The maximum atomic E-state index is 6.53. The van der Waals surface area contributed by atoms with Crippen LogP contribution >= 0.6 is 11.6 Å². The molecule has 2 N–H and O–H groups in total. The molecule has 0 heterocycles. The molecular weight excluding hydrogens is 314 g/mol. The van der Waals surface area contributed by atoms with Gasteiger partial charge in [0.25, 0.3) is 0 Å². The van der Waals surface area contributed by atoms with Gasteiger partial charge in [0.1, 0.15) is 0 Å². The molecule has 0 radical (unpaired) electrons. The molecule has 2 unspecified atom stereocenters. The van der Waals surface area contributed by atoms with Crippen molar-refractivity contribution in [3.05, 3.63) is 0 Å². The highest BCUT2D eigenvalue weighted by atomic mass is 35.5. The standard InChI is InChI=1S/C12H27N.C10H19Cl/c1-2-3-4-5-6-7-8-9-10-11-12-13;1-3-9-7-5-6-8-10(9,11)4-2/h2-13H2,1H3;9H,3-8H2,1-2H3. The van der Waals surface area contributed by atoms with Crippen LogP contribution in [0.15, 0.2) is 0 Å². The third kappa shape index (κ3) is 11.7. The van der Waals surface area contributed by atoms with Gasteiger partial charge >= 0.3 is 0 Å². The third-order valence-corrected chi connectivity index (χ3v) is 6.53. The Morgan fingerprint density at radius 2 is 1.38 bits per heavy atom. The SMILES string of the molecule is CCC1CCCCC1(Cl)CC.CCCCCCCCCCCCN. The van der Waals surface area contributed by atoms with Crippen LogP contribution in [-0.4, -0.2) is 11.4 Å². The van der Waals surface area contributed by atoms with Gasteiger partial charge in [0.2, 0.25) is 0 Å². The maximum absolute atomic E-state index is 6.53. The Balaban J connectivity index is 0.000000446. The highest BCUT2D eigenvalue weighted by Gasteiger charge is 2.35. The fraction of sp³-hybridized carbons (Fsp3) is 1.00. The van der Waals surface area contributed by atoms with E-state index in [-0.39, 0.29) is 4.87 Å². The Morgan fingerprint density at radius 3 is 1.79 bits per heavy atom. The molecule has 2 atom stereocenters. The molecule has 146 valence electrons. The lowest BCUT2D eigenvalue weighted by molar-refractivity contribution is 0.252.